The van der Waals surface area contributed by atoms with Gasteiger partial charge in [0, 0.05) is 6.54 Å². The summed E-state index contributed by atoms with van der Waals surface area (Å²) in [5, 5.41) is 3.04. The third-order valence-electron chi connectivity index (χ3n) is 2.91. The van der Waals surface area contributed by atoms with Gasteiger partial charge in [0.05, 0.1) is 17.4 Å². The number of nitrogens with one attached hydrogen (secondary N) is 1. The first-order valence-corrected chi connectivity index (χ1v) is 5.98. The number of nitrogens with two attached hydrogens (primary N) is 1. The van der Waals surface area contributed by atoms with E-state index in [1.165, 1.54) is 12.1 Å². The van der Waals surface area contributed by atoms with Crippen molar-refractivity contribution in [3.8, 4) is 0 Å². The lowest BCUT2D eigenvalue weighted by atomic mass is 10.1. The molecule has 0 saturated heterocycles. The number of aromatic nitrogens is 1. The molecule has 0 aliphatic rings. The fourth-order valence-electron chi connectivity index (χ4n) is 1.67. The maximum Gasteiger partial charge on any atom is 0.416 e. The zero-order chi connectivity index (χ0) is 14.8. The van der Waals surface area contributed by atoms with Gasteiger partial charge in [-0.15, -0.1) is 0 Å². The molecule has 0 saturated carbocycles. The van der Waals surface area contributed by atoms with Crippen LogP contribution in [-0.4, -0.2) is 4.98 Å². The van der Waals surface area contributed by atoms with Crippen LogP contribution in [0.2, 0.25) is 0 Å². The zero-order valence-corrected chi connectivity index (χ0v) is 10.8. The Bertz CT molecular complexity index is 592. The van der Waals surface area contributed by atoms with Crippen LogP contribution < -0.4 is 11.1 Å². The molecule has 106 valence electrons. The quantitative estimate of drug-likeness (QED) is 0.903. The molecule has 0 aliphatic carbocycles. The predicted octanol–water partition coefficient (Wildman–Crippen LogP) is 3.60. The van der Waals surface area contributed by atoms with E-state index in [4.69, 9.17) is 5.73 Å². The van der Waals surface area contributed by atoms with Crippen molar-refractivity contribution in [2.24, 2.45) is 0 Å². The van der Waals surface area contributed by atoms with Gasteiger partial charge < -0.3 is 11.1 Å². The van der Waals surface area contributed by atoms with Crippen LogP contribution in [0.3, 0.4) is 0 Å². The van der Waals surface area contributed by atoms with Gasteiger partial charge >= 0.3 is 6.18 Å². The Hall–Kier alpha value is -2.24. The van der Waals surface area contributed by atoms with Crippen molar-refractivity contribution in [2.75, 3.05) is 11.1 Å². The molecule has 0 aliphatic heterocycles. The summed E-state index contributed by atoms with van der Waals surface area (Å²) in [5.74, 6) is 0.636. The van der Waals surface area contributed by atoms with Crippen molar-refractivity contribution in [2.45, 2.75) is 19.6 Å². The van der Waals surface area contributed by atoms with E-state index in [1.54, 1.807) is 12.3 Å². The minimum Gasteiger partial charge on any atom is -0.397 e. The smallest absolute Gasteiger partial charge is 0.397 e. The molecule has 0 unspecified atom stereocenters. The highest BCUT2D eigenvalue weighted by atomic mass is 19.4. The molecule has 3 N–H and O–H groups in total. The Morgan fingerprint density at radius 3 is 2.40 bits per heavy atom. The third-order valence-corrected chi connectivity index (χ3v) is 2.91. The molecular weight excluding hydrogens is 267 g/mol. The first kappa shape index (κ1) is 14.2. The van der Waals surface area contributed by atoms with Gasteiger partial charge in [-0.2, -0.15) is 13.2 Å². The van der Waals surface area contributed by atoms with Gasteiger partial charge in [-0.25, -0.2) is 4.98 Å². The molecule has 20 heavy (non-hydrogen) atoms. The minimum absolute atomic E-state index is 0.397. The van der Waals surface area contributed by atoms with Gasteiger partial charge in [0.2, 0.25) is 0 Å². The van der Waals surface area contributed by atoms with Crippen LogP contribution in [0.4, 0.5) is 24.7 Å². The normalized spacial score (nSPS) is 11.4. The summed E-state index contributed by atoms with van der Waals surface area (Å²) in [6.07, 6.45) is -2.76. The molecule has 2 rings (SSSR count). The monoisotopic (exact) mass is 281 g/mol. The van der Waals surface area contributed by atoms with Gasteiger partial charge in [0.1, 0.15) is 5.82 Å². The van der Waals surface area contributed by atoms with E-state index >= 15 is 0 Å². The summed E-state index contributed by atoms with van der Waals surface area (Å²) in [6, 6.07) is 6.82. The SMILES string of the molecule is Cc1cc(NCc2ccc(C(F)(F)F)cc2)ncc1N. The minimum atomic E-state index is -4.30. The van der Waals surface area contributed by atoms with Crippen LogP contribution in [0.1, 0.15) is 16.7 Å². The van der Waals surface area contributed by atoms with E-state index in [1.807, 2.05) is 6.92 Å². The zero-order valence-electron chi connectivity index (χ0n) is 10.8. The lowest BCUT2D eigenvalue weighted by molar-refractivity contribution is -0.137. The Morgan fingerprint density at radius 1 is 1.20 bits per heavy atom. The number of halogens is 3. The predicted molar refractivity (Wildman–Crippen MR) is 72.2 cm³/mol. The Labute approximate surface area is 114 Å². The average molecular weight is 281 g/mol. The number of pyridine rings is 1. The van der Waals surface area contributed by atoms with Gasteiger partial charge in [-0.3, -0.25) is 0 Å². The van der Waals surface area contributed by atoms with E-state index in [2.05, 4.69) is 10.3 Å². The van der Waals surface area contributed by atoms with Crippen molar-refractivity contribution in [1.29, 1.82) is 0 Å². The molecule has 0 radical (unpaired) electrons. The number of benzene rings is 1. The molecule has 1 heterocycles. The number of hydrogen-bond donors (Lipinski definition) is 2. The average Bonchev–Trinajstić information content (AvgIpc) is 2.40. The van der Waals surface area contributed by atoms with E-state index in [9.17, 15) is 13.2 Å². The second-order valence-corrected chi connectivity index (χ2v) is 4.47. The Kier molecular flexibility index (Phi) is 3.83. The standard InChI is InChI=1S/C14H14F3N3/c1-9-6-13(20-8-12(9)18)19-7-10-2-4-11(5-3-10)14(15,16)17/h2-6,8H,7,18H2,1H3,(H,19,20). The Morgan fingerprint density at radius 2 is 1.85 bits per heavy atom. The molecule has 1 aromatic carbocycles. The summed E-state index contributed by atoms with van der Waals surface area (Å²) in [6.45, 7) is 2.26. The van der Waals surface area contributed by atoms with Crippen LogP contribution in [0, 0.1) is 6.92 Å². The molecule has 0 spiro atoms. The van der Waals surface area contributed by atoms with Gasteiger partial charge in [0.25, 0.3) is 0 Å². The van der Waals surface area contributed by atoms with Crippen molar-refractivity contribution in [1.82, 2.24) is 4.98 Å². The van der Waals surface area contributed by atoms with Crippen LogP contribution >= 0.6 is 0 Å². The molecule has 0 fully saturated rings. The molecule has 6 heteroatoms. The number of nitrogens with zero attached hydrogens (tertiary/aromatic N) is 1. The second-order valence-electron chi connectivity index (χ2n) is 4.47. The van der Waals surface area contributed by atoms with E-state index in [0.29, 0.717) is 18.1 Å². The first-order chi connectivity index (χ1) is 9.36. The maximum atomic E-state index is 12.4. The van der Waals surface area contributed by atoms with Crippen LogP contribution in [0.5, 0.6) is 0 Å². The van der Waals surface area contributed by atoms with Crippen molar-refractivity contribution in [3.05, 3.63) is 53.2 Å². The lowest BCUT2D eigenvalue weighted by Gasteiger charge is -2.09. The number of alkyl halides is 3. The highest BCUT2D eigenvalue weighted by Crippen LogP contribution is 2.29. The molecule has 3 nitrogen and oxygen atoms in total. The Balaban J connectivity index is 2.02. The number of anilines is 2. The largest absolute Gasteiger partial charge is 0.416 e. The lowest BCUT2D eigenvalue weighted by Crippen LogP contribution is -2.06. The fraction of sp³-hybridized carbons (Fsp3) is 0.214. The number of hydrogen-bond acceptors (Lipinski definition) is 3. The summed E-state index contributed by atoms with van der Waals surface area (Å²) in [7, 11) is 0. The van der Waals surface area contributed by atoms with Gasteiger partial charge in [-0.1, -0.05) is 12.1 Å². The van der Waals surface area contributed by atoms with Crippen LogP contribution in [0.25, 0.3) is 0 Å². The number of aryl methyl sites for hydroxylation is 1. The highest BCUT2D eigenvalue weighted by molar-refractivity contribution is 5.51. The maximum absolute atomic E-state index is 12.4. The topological polar surface area (TPSA) is 50.9 Å². The summed E-state index contributed by atoms with van der Waals surface area (Å²) in [4.78, 5) is 4.09. The molecular formula is C14H14F3N3. The number of nitrogen functional groups attached to an aromatic ring is 1. The van der Waals surface area contributed by atoms with Crippen LogP contribution in [0.15, 0.2) is 36.5 Å². The van der Waals surface area contributed by atoms with Crippen molar-refractivity contribution >= 4 is 11.5 Å². The molecule has 0 bridgehead atoms. The van der Waals surface area contributed by atoms with Gasteiger partial charge in [-0.05, 0) is 36.2 Å². The van der Waals surface area contributed by atoms with Gasteiger partial charge in [0.15, 0.2) is 0 Å². The molecule has 2 aromatic rings. The van der Waals surface area contributed by atoms with Crippen molar-refractivity contribution in [3.63, 3.8) is 0 Å². The summed E-state index contributed by atoms with van der Waals surface area (Å²) < 4.78 is 37.2. The van der Waals surface area contributed by atoms with Crippen molar-refractivity contribution < 1.29 is 13.2 Å². The summed E-state index contributed by atoms with van der Waals surface area (Å²) in [5.41, 5.74) is 7.25. The second kappa shape index (κ2) is 5.40. The molecule has 0 atom stereocenters. The van der Waals surface area contributed by atoms with E-state index in [-0.39, 0.29) is 0 Å². The van der Waals surface area contributed by atoms with Crippen LogP contribution in [-0.2, 0) is 12.7 Å². The summed E-state index contributed by atoms with van der Waals surface area (Å²) >= 11 is 0. The first-order valence-electron chi connectivity index (χ1n) is 5.98. The highest BCUT2D eigenvalue weighted by Gasteiger charge is 2.29. The molecule has 1 aromatic heterocycles. The third kappa shape index (κ3) is 3.40. The van der Waals surface area contributed by atoms with E-state index < -0.39 is 11.7 Å². The van der Waals surface area contributed by atoms with E-state index in [0.717, 1.165) is 23.3 Å². The molecule has 0 amide bonds. The number of rotatable bonds is 3. The fourth-order valence-corrected chi connectivity index (χ4v) is 1.67.